The zero-order valence-electron chi connectivity index (χ0n) is 17.9. The Bertz CT molecular complexity index is 819. The Hall–Kier alpha value is -2.53. The smallest absolute Gasteiger partial charge is 0.251 e. The Balaban J connectivity index is 1.60. The molecule has 2 aromatic carbocycles. The lowest BCUT2D eigenvalue weighted by Gasteiger charge is -2.30. The number of piperidine rings is 1. The number of hydrogen-bond donors (Lipinski definition) is 1. The number of rotatable bonds is 7. The average molecular weight is 397 g/mol. The summed E-state index contributed by atoms with van der Waals surface area (Å²) in [6.45, 7) is 7.55. The number of amides is 1. The largest absolute Gasteiger partial charge is 0.493 e. The van der Waals surface area contributed by atoms with E-state index in [0.29, 0.717) is 17.1 Å². The average Bonchev–Trinajstić information content (AvgIpc) is 2.73. The van der Waals surface area contributed by atoms with Crippen molar-refractivity contribution in [3.63, 3.8) is 0 Å². The molecule has 1 amide bonds. The quantitative estimate of drug-likeness (QED) is 0.752. The molecule has 0 unspecified atom stereocenters. The normalized spacial score (nSPS) is 18.1. The highest BCUT2D eigenvalue weighted by Gasteiger charge is 2.17. The topological polar surface area (TPSA) is 50.8 Å². The highest BCUT2D eigenvalue weighted by Crippen LogP contribution is 2.30. The highest BCUT2D eigenvalue weighted by atomic mass is 16.5. The fourth-order valence-electron chi connectivity index (χ4n) is 3.94. The summed E-state index contributed by atoms with van der Waals surface area (Å²) >= 11 is 0. The van der Waals surface area contributed by atoms with E-state index in [1.54, 1.807) is 14.2 Å². The maximum atomic E-state index is 12.7. The molecule has 0 aromatic heterocycles. The molecule has 2 atom stereocenters. The number of benzene rings is 2. The number of carbonyl (C=O) groups excluding carboxylic acids is 1. The predicted octanol–water partition coefficient (Wildman–Crippen LogP) is 4.43. The van der Waals surface area contributed by atoms with Gasteiger partial charge in [-0.3, -0.25) is 9.69 Å². The van der Waals surface area contributed by atoms with E-state index < -0.39 is 0 Å². The molecular weight excluding hydrogens is 364 g/mol. The minimum Gasteiger partial charge on any atom is -0.493 e. The highest BCUT2D eigenvalue weighted by molar-refractivity contribution is 5.94. The minimum atomic E-state index is -0.142. The molecule has 0 spiro atoms. The third-order valence-electron chi connectivity index (χ3n) is 5.62. The molecule has 1 heterocycles. The third-order valence-corrected chi connectivity index (χ3v) is 5.62. The van der Waals surface area contributed by atoms with Crippen molar-refractivity contribution >= 4 is 5.91 Å². The zero-order valence-corrected chi connectivity index (χ0v) is 17.9. The monoisotopic (exact) mass is 396 g/mol. The summed E-state index contributed by atoms with van der Waals surface area (Å²) in [5, 5.41) is 3.06. The first-order chi connectivity index (χ1) is 14.0. The Kier molecular flexibility index (Phi) is 7.15. The van der Waals surface area contributed by atoms with Crippen molar-refractivity contribution in [2.45, 2.75) is 39.3 Å². The predicted molar refractivity (Wildman–Crippen MR) is 116 cm³/mol. The van der Waals surface area contributed by atoms with Gasteiger partial charge < -0.3 is 14.8 Å². The molecule has 1 fully saturated rings. The fourth-order valence-corrected chi connectivity index (χ4v) is 3.94. The summed E-state index contributed by atoms with van der Waals surface area (Å²) in [5.74, 6) is 2.02. The van der Waals surface area contributed by atoms with Gasteiger partial charge in [0.25, 0.3) is 5.91 Å². The molecule has 2 aromatic rings. The van der Waals surface area contributed by atoms with Crippen LogP contribution in [-0.4, -0.2) is 38.1 Å². The van der Waals surface area contributed by atoms with Crippen molar-refractivity contribution in [2.75, 3.05) is 27.3 Å². The van der Waals surface area contributed by atoms with Crippen molar-refractivity contribution in [1.29, 1.82) is 0 Å². The summed E-state index contributed by atoms with van der Waals surface area (Å²) < 4.78 is 10.6. The van der Waals surface area contributed by atoms with Crippen molar-refractivity contribution in [2.24, 2.45) is 5.92 Å². The summed E-state index contributed by atoms with van der Waals surface area (Å²) in [5.41, 5.74) is 2.89. The summed E-state index contributed by atoms with van der Waals surface area (Å²) in [7, 11) is 3.22. The van der Waals surface area contributed by atoms with E-state index in [4.69, 9.17) is 9.47 Å². The van der Waals surface area contributed by atoms with Gasteiger partial charge >= 0.3 is 0 Å². The Morgan fingerprint density at radius 3 is 2.52 bits per heavy atom. The Morgan fingerprint density at radius 1 is 1.14 bits per heavy atom. The molecule has 1 N–H and O–H groups in total. The second-order valence-electron chi connectivity index (χ2n) is 7.99. The lowest BCUT2D eigenvalue weighted by Crippen LogP contribution is -2.33. The SMILES string of the molecule is COc1ccc([C@@H](C)NC(=O)c2ccc(CN3CCC[C@@H](C)C3)cc2)cc1OC. The molecule has 0 aliphatic carbocycles. The molecule has 0 radical (unpaired) electrons. The van der Waals surface area contributed by atoms with E-state index in [1.807, 2.05) is 37.3 Å². The first-order valence-corrected chi connectivity index (χ1v) is 10.3. The van der Waals surface area contributed by atoms with Gasteiger partial charge in [-0.15, -0.1) is 0 Å². The van der Waals surface area contributed by atoms with Crippen LogP contribution in [-0.2, 0) is 6.54 Å². The van der Waals surface area contributed by atoms with E-state index in [1.165, 1.54) is 18.4 Å². The number of likely N-dealkylation sites (tertiary alicyclic amines) is 1. The number of hydrogen-bond acceptors (Lipinski definition) is 4. The number of methoxy groups -OCH3 is 2. The number of ether oxygens (including phenoxy) is 2. The van der Waals surface area contributed by atoms with Crippen LogP contribution in [0.5, 0.6) is 11.5 Å². The van der Waals surface area contributed by atoms with Crippen LogP contribution < -0.4 is 14.8 Å². The van der Waals surface area contributed by atoms with Crippen molar-refractivity contribution in [3.05, 3.63) is 59.2 Å². The molecule has 0 bridgehead atoms. The van der Waals surface area contributed by atoms with Crippen LogP contribution >= 0.6 is 0 Å². The van der Waals surface area contributed by atoms with Crippen LogP contribution in [0.15, 0.2) is 42.5 Å². The lowest BCUT2D eigenvalue weighted by atomic mass is 9.99. The molecule has 29 heavy (non-hydrogen) atoms. The molecule has 1 aliphatic rings. The van der Waals surface area contributed by atoms with Gasteiger partial charge in [0.15, 0.2) is 11.5 Å². The van der Waals surface area contributed by atoms with Crippen LogP contribution in [0.3, 0.4) is 0 Å². The summed E-state index contributed by atoms with van der Waals surface area (Å²) in [4.78, 5) is 15.2. The van der Waals surface area contributed by atoms with Crippen LogP contribution in [0.1, 0.15) is 54.2 Å². The number of nitrogens with zero attached hydrogens (tertiary/aromatic N) is 1. The summed E-state index contributed by atoms with van der Waals surface area (Å²) in [6, 6.07) is 13.5. The van der Waals surface area contributed by atoms with E-state index in [0.717, 1.165) is 31.1 Å². The van der Waals surface area contributed by atoms with E-state index in [2.05, 4.69) is 29.3 Å². The Labute approximate surface area is 174 Å². The van der Waals surface area contributed by atoms with Gasteiger partial charge in [-0.05, 0) is 67.6 Å². The first kappa shape index (κ1) is 21.2. The van der Waals surface area contributed by atoms with Gasteiger partial charge in [0, 0.05) is 18.7 Å². The molecular formula is C24H32N2O3. The van der Waals surface area contributed by atoms with E-state index >= 15 is 0 Å². The van der Waals surface area contributed by atoms with Crippen molar-refractivity contribution in [3.8, 4) is 11.5 Å². The Morgan fingerprint density at radius 2 is 1.86 bits per heavy atom. The molecule has 3 rings (SSSR count). The zero-order chi connectivity index (χ0) is 20.8. The second kappa shape index (κ2) is 9.79. The van der Waals surface area contributed by atoms with Crippen LogP contribution in [0.2, 0.25) is 0 Å². The van der Waals surface area contributed by atoms with Crippen LogP contribution in [0.4, 0.5) is 0 Å². The summed E-state index contributed by atoms with van der Waals surface area (Å²) in [6.07, 6.45) is 2.60. The number of carbonyl (C=O) groups is 1. The molecule has 0 saturated carbocycles. The third kappa shape index (κ3) is 5.51. The van der Waals surface area contributed by atoms with Gasteiger partial charge in [-0.2, -0.15) is 0 Å². The van der Waals surface area contributed by atoms with Gasteiger partial charge in [0.05, 0.1) is 20.3 Å². The van der Waals surface area contributed by atoms with Crippen molar-refractivity contribution in [1.82, 2.24) is 10.2 Å². The first-order valence-electron chi connectivity index (χ1n) is 10.3. The molecule has 156 valence electrons. The maximum absolute atomic E-state index is 12.7. The maximum Gasteiger partial charge on any atom is 0.251 e. The molecule has 1 saturated heterocycles. The van der Waals surface area contributed by atoms with Gasteiger partial charge in [0.2, 0.25) is 0 Å². The van der Waals surface area contributed by atoms with Crippen LogP contribution in [0.25, 0.3) is 0 Å². The lowest BCUT2D eigenvalue weighted by molar-refractivity contribution is 0.0940. The van der Waals surface area contributed by atoms with Crippen molar-refractivity contribution < 1.29 is 14.3 Å². The molecule has 5 heteroatoms. The number of nitrogens with one attached hydrogen (secondary N) is 1. The molecule has 5 nitrogen and oxygen atoms in total. The van der Waals surface area contributed by atoms with Crippen LogP contribution in [0, 0.1) is 5.92 Å². The minimum absolute atomic E-state index is 0.0783. The fraction of sp³-hybridized carbons (Fsp3) is 0.458. The van der Waals surface area contributed by atoms with Gasteiger partial charge in [-0.25, -0.2) is 0 Å². The van der Waals surface area contributed by atoms with E-state index in [9.17, 15) is 4.79 Å². The molecule has 1 aliphatic heterocycles. The second-order valence-corrected chi connectivity index (χ2v) is 7.99. The van der Waals surface area contributed by atoms with Gasteiger partial charge in [0.1, 0.15) is 0 Å². The standard InChI is InChI=1S/C24H32N2O3/c1-17-6-5-13-26(15-17)16-19-7-9-20(10-8-19)24(27)25-18(2)21-11-12-22(28-3)23(14-21)29-4/h7-12,14,17-18H,5-6,13,15-16H2,1-4H3,(H,25,27)/t17-,18-/m1/s1. The van der Waals surface area contributed by atoms with E-state index in [-0.39, 0.29) is 11.9 Å². The van der Waals surface area contributed by atoms with Gasteiger partial charge in [-0.1, -0.05) is 25.1 Å².